The molecule has 3 aromatic rings. The number of anilines is 1. The van der Waals surface area contributed by atoms with Gasteiger partial charge >= 0.3 is 0 Å². The van der Waals surface area contributed by atoms with Crippen molar-refractivity contribution in [1.29, 1.82) is 0 Å². The number of aromatic amines is 1. The van der Waals surface area contributed by atoms with Gasteiger partial charge in [0.2, 0.25) is 0 Å². The normalized spacial score (nSPS) is 28.0. The molecule has 4 heterocycles. The smallest absolute Gasteiger partial charge is 0.193 e. The van der Waals surface area contributed by atoms with Crippen molar-refractivity contribution in [3.8, 4) is 17.1 Å². The topological polar surface area (TPSA) is 70.6 Å². The van der Waals surface area contributed by atoms with Gasteiger partial charge in [-0.3, -0.25) is 0 Å². The lowest BCUT2D eigenvalue weighted by molar-refractivity contribution is 0.0154. The highest BCUT2D eigenvalue weighted by Crippen LogP contribution is 2.39. The fourth-order valence-electron chi connectivity index (χ4n) is 4.90. The van der Waals surface area contributed by atoms with Gasteiger partial charge in [0.05, 0.1) is 40.6 Å². The maximum Gasteiger partial charge on any atom is 0.193 e. The molecule has 4 atom stereocenters. The molecule has 6 nitrogen and oxygen atoms in total. The zero-order valence-corrected chi connectivity index (χ0v) is 17.3. The van der Waals surface area contributed by atoms with Gasteiger partial charge in [-0.2, -0.15) is 0 Å². The number of nitrogens with zero attached hydrogens (tertiary/aromatic N) is 2. The Morgan fingerprint density at radius 2 is 2.00 bits per heavy atom. The molecule has 2 saturated heterocycles. The third-order valence-electron chi connectivity index (χ3n) is 6.70. The molecule has 1 aliphatic carbocycles. The van der Waals surface area contributed by atoms with Crippen LogP contribution in [-0.4, -0.2) is 53.1 Å². The highest BCUT2D eigenvalue weighted by atomic mass is 35.5. The van der Waals surface area contributed by atoms with Crippen molar-refractivity contribution in [3.05, 3.63) is 41.4 Å². The number of rotatable bonds is 4. The minimum absolute atomic E-state index is 0.0385. The standard InChI is InChI=1S/C23H24ClN3O3/c24-16-10-17-18(26-22(16)13-2-4-14(5-3-13)27-8-1-9-27)11-21(25-17)30-20-7-6-15-19(28)12-29-23(15)20/h2-5,10-11,15,19-20,23,25,28H,1,6-9,12H2/t15?,19-,20-,23+/m1/s1. The first-order valence-corrected chi connectivity index (χ1v) is 11.0. The lowest BCUT2D eigenvalue weighted by Gasteiger charge is -2.33. The van der Waals surface area contributed by atoms with Gasteiger partial charge in [-0.05, 0) is 37.5 Å². The van der Waals surface area contributed by atoms with Crippen molar-refractivity contribution < 1.29 is 14.6 Å². The Labute approximate surface area is 179 Å². The van der Waals surface area contributed by atoms with Gasteiger partial charge < -0.3 is 24.5 Å². The van der Waals surface area contributed by atoms with Crippen LogP contribution >= 0.6 is 11.6 Å². The summed E-state index contributed by atoms with van der Waals surface area (Å²) in [6, 6.07) is 12.3. The van der Waals surface area contributed by atoms with Crippen LogP contribution in [0.1, 0.15) is 19.3 Å². The van der Waals surface area contributed by atoms with Gasteiger partial charge in [-0.15, -0.1) is 0 Å². The molecule has 7 heteroatoms. The summed E-state index contributed by atoms with van der Waals surface area (Å²) in [5, 5.41) is 10.6. The number of H-pyrrole nitrogens is 1. The van der Waals surface area contributed by atoms with Gasteiger partial charge in [-0.25, -0.2) is 4.98 Å². The summed E-state index contributed by atoms with van der Waals surface area (Å²) in [7, 11) is 0. The molecule has 6 rings (SSSR count). The maximum absolute atomic E-state index is 10.0. The van der Waals surface area contributed by atoms with Crippen molar-refractivity contribution in [1.82, 2.24) is 9.97 Å². The molecule has 0 bridgehead atoms. The molecule has 1 aromatic carbocycles. The number of aliphatic hydroxyl groups is 1. The molecular formula is C23H24ClN3O3. The van der Waals surface area contributed by atoms with Crippen LogP contribution in [-0.2, 0) is 4.74 Å². The van der Waals surface area contributed by atoms with E-state index in [0.29, 0.717) is 17.5 Å². The first-order valence-electron chi connectivity index (χ1n) is 10.7. The summed E-state index contributed by atoms with van der Waals surface area (Å²) in [5.41, 5.74) is 4.68. The average Bonchev–Trinajstić information content (AvgIpc) is 3.38. The van der Waals surface area contributed by atoms with E-state index in [1.807, 2.05) is 12.1 Å². The number of hydrogen-bond donors (Lipinski definition) is 2. The Balaban J connectivity index is 1.25. The number of aliphatic hydroxyl groups excluding tert-OH is 1. The minimum Gasteiger partial charge on any atom is -0.473 e. The number of ether oxygens (including phenoxy) is 2. The van der Waals surface area contributed by atoms with E-state index in [1.165, 1.54) is 12.1 Å². The Hall–Kier alpha value is -2.28. The highest BCUT2D eigenvalue weighted by molar-refractivity contribution is 6.33. The van der Waals surface area contributed by atoms with Crippen LogP contribution in [0.2, 0.25) is 5.02 Å². The van der Waals surface area contributed by atoms with E-state index in [2.05, 4.69) is 34.1 Å². The number of benzene rings is 1. The van der Waals surface area contributed by atoms with Gasteiger partial charge in [0, 0.05) is 36.3 Å². The maximum atomic E-state index is 10.0. The monoisotopic (exact) mass is 425 g/mol. The fourth-order valence-corrected chi connectivity index (χ4v) is 5.16. The number of hydrogen-bond acceptors (Lipinski definition) is 5. The largest absolute Gasteiger partial charge is 0.473 e. The molecule has 2 aliphatic heterocycles. The van der Waals surface area contributed by atoms with E-state index in [-0.39, 0.29) is 24.2 Å². The summed E-state index contributed by atoms with van der Waals surface area (Å²) in [5.74, 6) is 0.840. The van der Waals surface area contributed by atoms with Crippen LogP contribution < -0.4 is 9.64 Å². The van der Waals surface area contributed by atoms with E-state index in [0.717, 1.165) is 48.2 Å². The Morgan fingerprint density at radius 3 is 2.77 bits per heavy atom. The summed E-state index contributed by atoms with van der Waals surface area (Å²) in [4.78, 5) is 10.4. The molecule has 1 saturated carbocycles. The Bertz CT molecular complexity index is 1080. The number of pyridine rings is 1. The van der Waals surface area contributed by atoms with Crippen LogP contribution in [0, 0.1) is 5.92 Å². The summed E-state index contributed by atoms with van der Waals surface area (Å²) < 4.78 is 11.9. The Kier molecular flexibility index (Phi) is 4.41. The van der Waals surface area contributed by atoms with Crippen LogP contribution in [0.5, 0.6) is 5.88 Å². The molecule has 0 amide bonds. The van der Waals surface area contributed by atoms with Crippen molar-refractivity contribution >= 4 is 28.3 Å². The van der Waals surface area contributed by atoms with Crippen molar-refractivity contribution in [2.45, 2.75) is 37.6 Å². The molecule has 2 aromatic heterocycles. The second-order valence-electron chi connectivity index (χ2n) is 8.54. The van der Waals surface area contributed by atoms with Crippen molar-refractivity contribution in [3.63, 3.8) is 0 Å². The van der Waals surface area contributed by atoms with Crippen molar-refractivity contribution in [2.75, 3.05) is 24.6 Å². The van der Waals surface area contributed by atoms with Crippen LogP contribution in [0.15, 0.2) is 36.4 Å². The van der Waals surface area contributed by atoms with E-state index >= 15 is 0 Å². The minimum atomic E-state index is -0.373. The van der Waals surface area contributed by atoms with Gasteiger partial charge in [0.15, 0.2) is 5.88 Å². The number of halogens is 1. The predicted octanol–water partition coefficient (Wildman–Crippen LogP) is 4.01. The first kappa shape index (κ1) is 18.5. The average molecular weight is 426 g/mol. The van der Waals surface area contributed by atoms with E-state index in [4.69, 9.17) is 26.1 Å². The molecule has 30 heavy (non-hydrogen) atoms. The molecule has 0 radical (unpaired) electrons. The van der Waals surface area contributed by atoms with E-state index in [1.54, 1.807) is 0 Å². The molecule has 3 aliphatic rings. The SMILES string of the molecule is O[C@@H]1CO[C@H]2C1CC[C@H]2Oc1cc2nc(-c3ccc(N4CCC4)cc3)c(Cl)cc2[nH]1. The van der Waals surface area contributed by atoms with Gasteiger partial charge in [0.1, 0.15) is 6.10 Å². The predicted molar refractivity (Wildman–Crippen MR) is 116 cm³/mol. The van der Waals surface area contributed by atoms with E-state index in [9.17, 15) is 5.11 Å². The molecule has 1 unspecified atom stereocenters. The third-order valence-corrected chi connectivity index (χ3v) is 6.99. The fraction of sp³-hybridized carbons (Fsp3) is 0.435. The lowest BCUT2D eigenvalue weighted by Crippen LogP contribution is -2.36. The van der Waals surface area contributed by atoms with Crippen LogP contribution in [0.25, 0.3) is 22.3 Å². The van der Waals surface area contributed by atoms with E-state index < -0.39 is 0 Å². The molecule has 2 N–H and O–H groups in total. The third kappa shape index (κ3) is 3.06. The van der Waals surface area contributed by atoms with Crippen LogP contribution in [0.3, 0.4) is 0 Å². The number of aromatic nitrogens is 2. The zero-order chi connectivity index (χ0) is 20.2. The van der Waals surface area contributed by atoms with Crippen LogP contribution in [0.4, 0.5) is 5.69 Å². The lowest BCUT2D eigenvalue weighted by atomic mass is 10.0. The molecule has 0 spiro atoms. The zero-order valence-electron chi connectivity index (χ0n) is 16.6. The molecule has 3 fully saturated rings. The molecule has 156 valence electrons. The quantitative estimate of drug-likeness (QED) is 0.660. The Morgan fingerprint density at radius 1 is 1.17 bits per heavy atom. The molecular weight excluding hydrogens is 402 g/mol. The van der Waals surface area contributed by atoms with Gasteiger partial charge in [0.25, 0.3) is 0 Å². The number of nitrogens with one attached hydrogen (secondary N) is 1. The van der Waals surface area contributed by atoms with Crippen molar-refractivity contribution in [2.24, 2.45) is 5.92 Å². The summed E-state index contributed by atoms with van der Waals surface area (Å²) in [6.45, 7) is 2.66. The summed E-state index contributed by atoms with van der Waals surface area (Å²) in [6.07, 6.45) is 2.61. The second kappa shape index (κ2) is 7.15. The number of fused-ring (bicyclic) bond motifs is 2. The summed E-state index contributed by atoms with van der Waals surface area (Å²) >= 11 is 6.57. The van der Waals surface area contributed by atoms with Gasteiger partial charge in [-0.1, -0.05) is 23.7 Å². The second-order valence-corrected chi connectivity index (χ2v) is 8.94. The first-order chi connectivity index (χ1) is 14.7. The highest BCUT2D eigenvalue weighted by Gasteiger charge is 2.47.